The van der Waals surface area contributed by atoms with Crippen molar-refractivity contribution in [2.45, 2.75) is 19.9 Å². The molecule has 0 unspecified atom stereocenters. The molecule has 2 rings (SSSR count). The van der Waals surface area contributed by atoms with Crippen LogP contribution in [0, 0.1) is 0 Å². The molecule has 0 bridgehead atoms. The van der Waals surface area contributed by atoms with E-state index < -0.39 is 0 Å². The van der Waals surface area contributed by atoms with Gasteiger partial charge < -0.3 is 24.4 Å². The van der Waals surface area contributed by atoms with Gasteiger partial charge in [0.2, 0.25) is 0 Å². The van der Waals surface area contributed by atoms with Crippen molar-refractivity contribution in [3.63, 3.8) is 0 Å². The number of hydrogen-bond acceptors (Lipinski definition) is 5. The number of ether oxygens (including phenoxy) is 3. The Hall–Kier alpha value is -1.30. The quantitative estimate of drug-likeness (QED) is 0.707. The van der Waals surface area contributed by atoms with E-state index >= 15 is 0 Å². The van der Waals surface area contributed by atoms with Crippen molar-refractivity contribution in [1.82, 2.24) is 5.32 Å². The lowest BCUT2D eigenvalue weighted by Gasteiger charge is -2.30. The smallest absolute Gasteiger partial charge is 0.142 e. The van der Waals surface area contributed by atoms with Crippen molar-refractivity contribution in [2.75, 3.05) is 58.1 Å². The fourth-order valence-electron chi connectivity index (χ4n) is 2.58. The maximum atomic E-state index is 5.85. The van der Waals surface area contributed by atoms with Gasteiger partial charge in [0.05, 0.1) is 25.5 Å². The van der Waals surface area contributed by atoms with Crippen molar-refractivity contribution in [1.29, 1.82) is 0 Å². The molecule has 0 aromatic heterocycles. The summed E-state index contributed by atoms with van der Waals surface area (Å²) in [4.78, 5) is 2.34. The first-order chi connectivity index (χ1) is 10.8. The molecule has 1 heterocycles. The first-order valence-electron chi connectivity index (χ1n) is 8.13. The number of rotatable bonds is 9. The van der Waals surface area contributed by atoms with Crippen molar-refractivity contribution >= 4 is 5.69 Å². The Bertz CT molecular complexity index is 434. The van der Waals surface area contributed by atoms with E-state index in [4.69, 9.17) is 14.2 Å². The third kappa shape index (κ3) is 5.16. The zero-order valence-corrected chi connectivity index (χ0v) is 13.8. The van der Waals surface area contributed by atoms with Crippen LogP contribution in [0.2, 0.25) is 0 Å². The number of nitrogens with one attached hydrogen (secondary N) is 1. The number of methoxy groups -OCH3 is 1. The maximum Gasteiger partial charge on any atom is 0.142 e. The van der Waals surface area contributed by atoms with Crippen LogP contribution in [-0.4, -0.2) is 53.2 Å². The van der Waals surface area contributed by atoms with Crippen LogP contribution in [-0.2, 0) is 16.0 Å². The van der Waals surface area contributed by atoms with E-state index in [1.165, 1.54) is 11.3 Å². The average molecular weight is 308 g/mol. The molecule has 0 atom stereocenters. The normalized spacial score (nSPS) is 15.1. The van der Waals surface area contributed by atoms with Gasteiger partial charge in [-0.1, -0.05) is 6.07 Å². The Labute approximate surface area is 133 Å². The van der Waals surface area contributed by atoms with E-state index in [-0.39, 0.29) is 0 Å². The molecule has 1 aliphatic heterocycles. The van der Waals surface area contributed by atoms with E-state index in [0.717, 1.165) is 58.2 Å². The predicted molar refractivity (Wildman–Crippen MR) is 88.8 cm³/mol. The van der Waals surface area contributed by atoms with Crippen molar-refractivity contribution < 1.29 is 14.2 Å². The SMILES string of the molecule is CCOc1cc(CNCCCOC)ccc1N1CCOCC1. The molecule has 5 heteroatoms. The standard InChI is InChI=1S/C17H28N2O3/c1-3-22-17-13-15(14-18-7-4-10-20-2)5-6-16(17)19-8-11-21-12-9-19/h5-6,13,18H,3-4,7-12,14H2,1-2H3. The fraction of sp³-hybridized carbons (Fsp3) is 0.647. The van der Waals surface area contributed by atoms with Crippen LogP contribution >= 0.6 is 0 Å². The Morgan fingerprint density at radius 3 is 2.82 bits per heavy atom. The fourth-order valence-corrected chi connectivity index (χ4v) is 2.58. The van der Waals surface area contributed by atoms with E-state index in [9.17, 15) is 0 Å². The maximum absolute atomic E-state index is 5.85. The highest BCUT2D eigenvalue weighted by Crippen LogP contribution is 2.30. The lowest BCUT2D eigenvalue weighted by atomic mass is 10.1. The van der Waals surface area contributed by atoms with Crippen LogP contribution in [0.1, 0.15) is 18.9 Å². The molecule has 1 aromatic rings. The topological polar surface area (TPSA) is 43.0 Å². The summed E-state index contributed by atoms with van der Waals surface area (Å²) in [5.41, 5.74) is 2.42. The summed E-state index contributed by atoms with van der Waals surface area (Å²) in [6, 6.07) is 6.50. The molecule has 0 spiro atoms. The minimum atomic E-state index is 0.683. The molecule has 1 N–H and O–H groups in total. The van der Waals surface area contributed by atoms with Crippen LogP contribution in [0.25, 0.3) is 0 Å². The van der Waals surface area contributed by atoms with Crippen molar-refractivity contribution in [2.24, 2.45) is 0 Å². The second kappa shape index (κ2) is 9.66. The van der Waals surface area contributed by atoms with Crippen LogP contribution in [0.3, 0.4) is 0 Å². The molecular weight excluding hydrogens is 280 g/mol. The van der Waals surface area contributed by atoms with Gasteiger partial charge in [-0.3, -0.25) is 0 Å². The summed E-state index contributed by atoms with van der Waals surface area (Å²) in [6.07, 6.45) is 1.03. The summed E-state index contributed by atoms with van der Waals surface area (Å²) < 4.78 is 16.3. The van der Waals surface area contributed by atoms with Gasteiger partial charge in [0.1, 0.15) is 5.75 Å². The van der Waals surface area contributed by atoms with Crippen LogP contribution in [0.15, 0.2) is 18.2 Å². The highest BCUT2D eigenvalue weighted by molar-refractivity contribution is 5.60. The van der Waals surface area contributed by atoms with E-state index in [1.54, 1.807) is 7.11 Å². The molecule has 124 valence electrons. The highest BCUT2D eigenvalue weighted by atomic mass is 16.5. The first-order valence-corrected chi connectivity index (χ1v) is 8.13. The minimum absolute atomic E-state index is 0.683. The zero-order valence-electron chi connectivity index (χ0n) is 13.8. The molecule has 22 heavy (non-hydrogen) atoms. The van der Waals surface area contributed by atoms with Gasteiger partial charge in [-0.2, -0.15) is 0 Å². The molecule has 1 saturated heterocycles. The van der Waals surface area contributed by atoms with Gasteiger partial charge >= 0.3 is 0 Å². The van der Waals surface area contributed by atoms with Gasteiger partial charge in [0.25, 0.3) is 0 Å². The molecule has 0 radical (unpaired) electrons. The number of hydrogen-bond donors (Lipinski definition) is 1. The summed E-state index contributed by atoms with van der Waals surface area (Å²) in [5.74, 6) is 0.973. The highest BCUT2D eigenvalue weighted by Gasteiger charge is 2.15. The Morgan fingerprint density at radius 2 is 2.09 bits per heavy atom. The van der Waals surface area contributed by atoms with E-state index in [0.29, 0.717) is 6.61 Å². The Balaban J connectivity index is 1.96. The third-order valence-corrected chi connectivity index (χ3v) is 3.71. The minimum Gasteiger partial charge on any atom is -0.492 e. The Morgan fingerprint density at radius 1 is 1.27 bits per heavy atom. The summed E-state index contributed by atoms with van der Waals surface area (Å²) in [5, 5.41) is 3.44. The van der Waals surface area contributed by atoms with E-state index in [1.807, 2.05) is 6.92 Å². The van der Waals surface area contributed by atoms with Gasteiger partial charge in [0.15, 0.2) is 0 Å². The summed E-state index contributed by atoms with van der Waals surface area (Å²) in [7, 11) is 1.73. The predicted octanol–water partition coefficient (Wildman–Crippen LogP) is 2.05. The van der Waals surface area contributed by atoms with Crippen LogP contribution in [0.5, 0.6) is 5.75 Å². The third-order valence-electron chi connectivity index (χ3n) is 3.71. The summed E-state index contributed by atoms with van der Waals surface area (Å²) in [6.45, 7) is 8.75. The first kappa shape index (κ1) is 17.1. The zero-order chi connectivity index (χ0) is 15.6. The number of benzene rings is 1. The van der Waals surface area contributed by atoms with Gasteiger partial charge in [-0.25, -0.2) is 0 Å². The molecule has 0 aliphatic carbocycles. The van der Waals surface area contributed by atoms with Gasteiger partial charge in [0, 0.05) is 33.4 Å². The van der Waals surface area contributed by atoms with E-state index in [2.05, 4.69) is 28.4 Å². The van der Waals surface area contributed by atoms with Crippen LogP contribution in [0.4, 0.5) is 5.69 Å². The molecule has 5 nitrogen and oxygen atoms in total. The molecule has 0 amide bonds. The van der Waals surface area contributed by atoms with Gasteiger partial charge in [-0.15, -0.1) is 0 Å². The molecule has 1 aliphatic rings. The molecular formula is C17H28N2O3. The van der Waals surface area contributed by atoms with Crippen molar-refractivity contribution in [3.8, 4) is 5.75 Å². The number of nitrogens with zero attached hydrogens (tertiary/aromatic N) is 1. The second-order valence-electron chi connectivity index (χ2n) is 5.36. The monoisotopic (exact) mass is 308 g/mol. The van der Waals surface area contributed by atoms with Gasteiger partial charge in [-0.05, 0) is 37.6 Å². The molecule has 1 fully saturated rings. The van der Waals surface area contributed by atoms with Crippen LogP contribution < -0.4 is 15.0 Å². The lowest BCUT2D eigenvalue weighted by Crippen LogP contribution is -2.36. The second-order valence-corrected chi connectivity index (χ2v) is 5.36. The lowest BCUT2D eigenvalue weighted by molar-refractivity contribution is 0.122. The average Bonchev–Trinajstić information content (AvgIpc) is 2.56. The molecule has 0 saturated carbocycles. The number of anilines is 1. The summed E-state index contributed by atoms with van der Waals surface area (Å²) >= 11 is 0. The Kier molecular flexibility index (Phi) is 7.49. The largest absolute Gasteiger partial charge is 0.492 e. The van der Waals surface area contributed by atoms with Crippen molar-refractivity contribution in [3.05, 3.63) is 23.8 Å². The number of morpholine rings is 1. The molecule has 1 aromatic carbocycles.